The standard InChI is InChI=1S/C11H11N3O5S/c1-2-6-8(16)13-7(15)3-14(6)10(17)9-12-5(4-20-9)11(18)19/h4,6H,2-3H2,1H3,(H,18,19)(H,13,15,16). The number of nitrogens with one attached hydrogen (secondary N) is 1. The van der Waals surface area contributed by atoms with E-state index in [0.717, 1.165) is 16.2 Å². The molecule has 1 atom stereocenters. The Labute approximate surface area is 117 Å². The van der Waals surface area contributed by atoms with Crippen LogP contribution in [0.5, 0.6) is 0 Å². The van der Waals surface area contributed by atoms with E-state index in [4.69, 9.17) is 5.11 Å². The van der Waals surface area contributed by atoms with E-state index in [1.54, 1.807) is 6.92 Å². The van der Waals surface area contributed by atoms with Gasteiger partial charge in [0.2, 0.25) is 11.8 Å². The third-order valence-corrected chi connectivity index (χ3v) is 3.64. The highest BCUT2D eigenvalue weighted by Gasteiger charge is 2.37. The molecule has 2 N–H and O–H groups in total. The van der Waals surface area contributed by atoms with Crippen LogP contribution in [-0.2, 0) is 9.59 Å². The molecule has 1 aromatic heterocycles. The van der Waals surface area contributed by atoms with Gasteiger partial charge >= 0.3 is 5.97 Å². The Kier molecular flexibility index (Phi) is 3.79. The predicted molar refractivity (Wildman–Crippen MR) is 67.3 cm³/mol. The molecule has 106 valence electrons. The van der Waals surface area contributed by atoms with Crippen molar-refractivity contribution in [2.75, 3.05) is 6.54 Å². The molecular weight excluding hydrogens is 286 g/mol. The number of aromatic carboxylic acids is 1. The summed E-state index contributed by atoms with van der Waals surface area (Å²) in [6.45, 7) is 1.47. The van der Waals surface area contributed by atoms with Crippen molar-refractivity contribution in [1.29, 1.82) is 0 Å². The van der Waals surface area contributed by atoms with Gasteiger partial charge in [0.1, 0.15) is 12.6 Å². The number of carbonyl (C=O) groups is 4. The zero-order valence-corrected chi connectivity index (χ0v) is 11.3. The fraction of sp³-hybridized carbons (Fsp3) is 0.364. The van der Waals surface area contributed by atoms with Crippen LogP contribution in [0.1, 0.15) is 33.6 Å². The average Bonchev–Trinajstić information content (AvgIpc) is 2.86. The Hall–Kier alpha value is -2.29. The van der Waals surface area contributed by atoms with Crippen molar-refractivity contribution in [3.63, 3.8) is 0 Å². The topological polar surface area (TPSA) is 117 Å². The molecule has 0 saturated carbocycles. The van der Waals surface area contributed by atoms with Gasteiger partial charge < -0.3 is 10.0 Å². The van der Waals surface area contributed by atoms with E-state index < -0.39 is 29.7 Å². The van der Waals surface area contributed by atoms with Crippen molar-refractivity contribution in [3.8, 4) is 0 Å². The number of hydrogen-bond acceptors (Lipinski definition) is 6. The van der Waals surface area contributed by atoms with Crippen molar-refractivity contribution in [2.45, 2.75) is 19.4 Å². The summed E-state index contributed by atoms with van der Waals surface area (Å²) < 4.78 is 0. The molecule has 9 heteroatoms. The maximum Gasteiger partial charge on any atom is 0.355 e. The minimum Gasteiger partial charge on any atom is -0.476 e. The zero-order valence-electron chi connectivity index (χ0n) is 10.5. The highest BCUT2D eigenvalue weighted by Crippen LogP contribution is 2.17. The molecule has 2 rings (SSSR count). The Morgan fingerprint density at radius 1 is 1.55 bits per heavy atom. The lowest BCUT2D eigenvalue weighted by Crippen LogP contribution is -2.59. The van der Waals surface area contributed by atoms with Gasteiger partial charge in [-0.15, -0.1) is 11.3 Å². The molecule has 1 unspecified atom stereocenters. The molecule has 1 saturated heterocycles. The predicted octanol–water partition coefficient (Wildman–Crippen LogP) is -0.282. The largest absolute Gasteiger partial charge is 0.476 e. The molecule has 1 fully saturated rings. The molecule has 0 bridgehead atoms. The monoisotopic (exact) mass is 297 g/mol. The summed E-state index contributed by atoms with van der Waals surface area (Å²) in [5, 5.41) is 12.1. The van der Waals surface area contributed by atoms with Gasteiger partial charge in [0, 0.05) is 5.38 Å². The lowest BCUT2D eigenvalue weighted by molar-refractivity contribution is -0.138. The number of thiazole rings is 1. The highest BCUT2D eigenvalue weighted by molar-refractivity contribution is 7.11. The molecule has 1 aliphatic rings. The Balaban J connectivity index is 2.27. The molecule has 1 aromatic rings. The highest BCUT2D eigenvalue weighted by atomic mass is 32.1. The van der Waals surface area contributed by atoms with Crippen molar-refractivity contribution in [3.05, 3.63) is 16.1 Å². The summed E-state index contributed by atoms with van der Waals surface area (Å²) >= 11 is 0.868. The van der Waals surface area contributed by atoms with E-state index in [2.05, 4.69) is 10.3 Å². The number of carboxylic acids is 1. The lowest BCUT2D eigenvalue weighted by Gasteiger charge is -2.32. The maximum absolute atomic E-state index is 12.2. The summed E-state index contributed by atoms with van der Waals surface area (Å²) in [6.07, 6.45) is 0.349. The number of carbonyl (C=O) groups excluding carboxylic acids is 3. The van der Waals surface area contributed by atoms with Crippen LogP contribution in [0.15, 0.2) is 5.38 Å². The number of hydrogen-bond donors (Lipinski definition) is 2. The van der Waals surface area contributed by atoms with E-state index in [0.29, 0.717) is 6.42 Å². The lowest BCUT2D eigenvalue weighted by atomic mass is 10.1. The third kappa shape index (κ3) is 2.52. The van der Waals surface area contributed by atoms with Crippen molar-refractivity contribution >= 4 is 35.0 Å². The van der Waals surface area contributed by atoms with Gasteiger partial charge in [-0.05, 0) is 6.42 Å². The molecular formula is C11H11N3O5S. The second kappa shape index (κ2) is 5.37. The first kappa shape index (κ1) is 14.1. The normalized spacial score (nSPS) is 18.9. The zero-order chi connectivity index (χ0) is 14.9. The van der Waals surface area contributed by atoms with Gasteiger partial charge in [0.15, 0.2) is 10.7 Å². The van der Waals surface area contributed by atoms with Gasteiger partial charge in [0.25, 0.3) is 5.91 Å². The SMILES string of the molecule is CCC1C(=O)NC(=O)CN1C(=O)c1nc(C(=O)O)cs1. The number of aromatic nitrogens is 1. The van der Waals surface area contributed by atoms with E-state index in [9.17, 15) is 19.2 Å². The molecule has 20 heavy (non-hydrogen) atoms. The first-order valence-corrected chi connectivity index (χ1v) is 6.65. The van der Waals surface area contributed by atoms with Gasteiger partial charge in [-0.3, -0.25) is 19.7 Å². The van der Waals surface area contributed by atoms with Crippen LogP contribution < -0.4 is 5.32 Å². The minimum atomic E-state index is -1.24. The number of piperazine rings is 1. The van der Waals surface area contributed by atoms with Crippen LogP contribution in [0.2, 0.25) is 0 Å². The van der Waals surface area contributed by atoms with Crippen LogP contribution in [0.4, 0.5) is 0 Å². The smallest absolute Gasteiger partial charge is 0.355 e. The van der Waals surface area contributed by atoms with E-state index in [1.807, 2.05) is 0 Å². The quantitative estimate of drug-likeness (QED) is 0.741. The number of nitrogens with zero attached hydrogens (tertiary/aromatic N) is 2. The van der Waals surface area contributed by atoms with E-state index in [-0.39, 0.29) is 17.2 Å². The second-order valence-electron chi connectivity index (χ2n) is 4.11. The molecule has 8 nitrogen and oxygen atoms in total. The van der Waals surface area contributed by atoms with Crippen molar-refractivity contribution in [1.82, 2.24) is 15.2 Å². The van der Waals surface area contributed by atoms with Crippen molar-refractivity contribution < 1.29 is 24.3 Å². The van der Waals surface area contributed by atoms with Crippen LogP contribution >= 0.6 is 11.3 Å². The third-order valence-electron chi connectivity index (χ3n) is 2.81. The Morgan fingerprint density at radius 2 is 2.25 bits per heavy atom. The molecule has 0 aromatic carbocycles. The Morgan fingerprint density at radius 3 is 2.80 bits per heavy atom. The fourth-order valence-corrected chi connectivity index (χ4v) is 2.62. The van der Waals surface area contributed by atoms with Crippen LogP contribution in [0, 0.1) is 0 Å². The summed E-state index contributed by atoms with van der Waals surface area (Å²) in [5.74, 6) is -2.95. The molecule has 3 amide bonds. The van der Waals surface area contributed by atoms with Crippen molar-refractivity contribution in [2.24, 2.45) is 0 Å². The van der Waals surface area contributed by atoms with Gasteiger partial charge in [-0.1, -0.05) is 6.92 Å². The molecule has 1 aliphatic heterocycles. The van der Waals surface area contributed by atoms with Gasteiger partial charge in [0.05, 0.1) is 0 Å². The second-order valence-corrected chi connectivity index (χ2v) is 4.97. The van der Waals surface area contributed by atoms with Crippen LogP contribution in [0.3, 0.4) is 0 Å². The first-order chi connectivity index (χ1) is 9.43. The van der Waals surface area contributed by atoms with Gasteiger partial charge in [-0.2, -0.15) is 0 Å². The Bertz CT molecular complexity index is 597. The fourth-order valence-electron chi connectivity index (χ4n) is 1.88. The molecule has 0 radical (unpaired) electrons. The number of rotatable bonds is 3. The van der Waals surface area contributed by atoms with E-state index >= 15 is 0 Å². The summed E-state index contributed by atoms with van der Waals surface area (Å²) in [7, 11) is 0. The summed E-state index contributed by atoms with van der Waals surface area (Å²) in [5.41, 5.74) is -0.237. The van der Waals surface area contributed by atoms with E-state index in [1.165, 1.54) is 5.38 Å². The number of imide groups is 1. The molecule has 2 heterocycles. The van der Waals surface area contributed by atoms with Gasteiger partial charge in [-0.25, -0.2) is 9.78 Å². The minimum absolute atomic E-state index is 0.0525. The van der Waals surface area contributed by atoms with Crippen LogP contribution in [-0.4, -0.2) is 51.3 Å². The molecule has 0 spiro atoms. The summed E-state index contributed by atoms with van der Waals surface area (Å²) in [6, 6.07) is -0.752. The number of carboxylic acid groups (broad SMARTS) is 1. The first-order valence-electron chi connectivity index (χ1n) is 5.77. The maximum atomic E-state index is 12.2. The van der Waals surface area contributed by atoms with Crippen LogP contribution in [0.25, 0.3) is 0 Å². The molecule has 0 aliphatic carbocycles. The number of amides is 3. The summed E-state index contributed by atoms with van der Waals surface area (Å²) in [4.78, 5) is 50.8. The average molecular weight is 297 g/mol.